The van der Waals surface area contributed by atoms with Crippen LogP contribution in [0.5, 0.6) is 0 Å². The van der Waals surface area contributed by atoms with Gasteiger partial charge in [-0.1, -0.05) is 0 Å². The molecule has 152 valence electrons. The van der Waals surface area contributed by atoms with E-state index in [0.717, 1.165) is 24.3 Å². The average Bonchev–Trinajstić information content (AvgIpc) is 2.65. The fourth-order valence-corrected chi connectivity index (χ4v) is 2.42. The summed E-state index contributed by atoms with van der Waals surface area (Å²) in [6.07, 6.45) is 0. The van der Waals surface area contributed by atoms with E-state index < -0.39 is 48.5 Å². The molecular formula is C15H14N6O8. The van der Waals surface area contributed by atoms with Crippen molar-refractivity contribution in [1.82, 2.24) is 0 Å². The fourth-order valence-electron chi connectivity index (χ4n) is 2.42. The first-order valence-corrected chi connectivity index (χ1v) is 7.96. The highest BCUT2D eigenvalue weighted by Gasteiger charge is 2.22. The normalized spacial score (nSPS) is 11.3. The molecule has 0 heterocycles. The molecule has 2 aromatic rings. The maximum absolute atomic E-state index is 11.2. The molecule has 0 aliphatic carbocycles. The van der Waals surface area contributed by atoms with E-state index in [1.54, 1.807) is 6.92 Å². The maximum atomic E-state index is 11.2. The Labute approximate surface area is 161 Å². The van der Waals surface area contributed by atoms with E-state index in [1.807, 2.05) is 0 Å². The van der Waals surface area contributed by atoms with Crippen LogP contribution in [0.15, 0.2) is 36.4 Å². The van der Waals surface area contributed by atoms with Gasteiger partial charge < -0.3 is 10.6 Å². The van der Waals surface area contributed by atoms with Crippen LogP contribution in [0, 0.1) is 40.5 Å². The quantitative estimate of drug-likeness (QED) is 0.460. The summed E-state index contributed by atoms with van der Waals surface area (Å²) in [5.41, 5.74) is -1.79. The third kappa shape index (κ3) is 5.09. The van der Waals surface area contributed by atoms with Gasteiger partial charge in [0.2, 0.25) is 0 Å². The number of hydrogen-bond donors (Lipinski definition) is 2. The number of anilines is 2. The van der Waals surface area contributed by atoms with Crippen molar-refractivity contribution in [2.45, 2.75) is 13.0 Å². The molecule has 0 radical (unpaired) electrons. The van der Waals surface area contributed by atoms with Gasteiger partial charge in [-0.05, 0) is 19.1 Å². The van der Waals surface area contributed by atoms with E-state index in [2.05, 4.69) is 10.6 Å². The van der Waals surface area contributed by atoms with Crippen LogP contribution in [0.2, 0.25) is 0 Å². The molecule has 1 unspecified atom stereocenters. The Morgan fingerprint density at radius 2 is 1.21 bits per heavy atom. The summed E-state index contributed by atoms with van der Waals surface area (Å²) < 4.78 is 0. The van der Waals surface area contributed by atoms with Crippen molar-refractivity contribution in [3.05, 3.63) is 76.9 Å². The first-order chi connectivity index (χ1) is 13.6. The van der Waals surface area contributed by atoms with Crippen molar-refractivity contribution in [2.24, 2.45) is 0 Å². The Morgan fingerprint density at radius 1 is 0.759 bits per heavy atom. The molecule has 2 N–H and O–H groups in total. The van der Waals surface area contributed by atoms with Crippen LogP contribution in [0.4, 0.5) is 34.1 Å². The summed E-state index contributed by atoms with van der Waals surface area (Å²) in [4.78, 5) is 40.8. The molecular weight excluding hydrogens is 392 g/mol. The number of nitro groups is 4. The summed E-state index contributed by atoms with van der Waals surface area (Å²) in [7, 11) is 0. The van der Waals surface area contributed by atoms with Gasteiger partial charge in [-0.15, -0.1) is 0 Å². The van der Waals surface area contributed by atoms with Crippen molar-refractivity contribution in [3.63, 3.8) is 0 Å². The number of nitrogens with one attached hydrogen (secondary N) is 2. The summed E-state index contributed by atoms with van der Waals surface area (Å²) in [5.74, 6) is 0. The van der Waals surface area contributed by atoms with Gasteiger partial charge in [0, 0.05) is 24.7 Å². The SMILES string of the molecule is CC(CNc1ccc([N+](=O)[O-])cc1[N+](=O)[O-])Nc1ccc([N+](=O)[O-])cc1[N+](=O)[O-]. The molecule has 0 amide bonds. The lowest BCUT2D eigenvalue weighted by atomic mass is 10.2. The van der Waals surface area contributed by atoms with Crippen LogP contribution in [-0.2, 0) is 0 Å². The molecule has 0 bridgehead atoms. The van der Waals surface area contributed by atoms with Crippen molar-refractivity contribution >= 4 is 34.1 Å². The number of rotatable bonds is 9. The van der Waals surface area contributed by atoms with Gasteiger partial charge in [-0.3, -0.25) is 40.5 Å². The molecule has 2 rings (SSSR count). The Morgan fingerprint density at radius 3 is 1.66 bits per heavy atom. The summed E-state index contributed by atoms with van der Waals surface area (Å²) in [6, 6.07) is 5.75. The molecule has 14 nitrogen and oxygen atoms in total. The second kappa shape index (κ2) is 8.55. The summed E-state index contributed by atoms with van der Waals surface area (Å²) >= 11 is 0. The molecule has 0 aliphatic rings. The Bertz CT molecular complexity index is 995. The van der Waals surface area contributed by atoms with Gasteiger partial charge >= 0.3 is 0 Å². The van der Waals surface area contributed by atoms with Crippen molar-refractivity contribution in [2.75, 3.05) is 17.2 Å². The lowest BCUT2D eigenvalue weighted by Gasteiger charge is -2.16. The fraction of sp³-hybridized carbons (Fsp3) is 0.200. The first kappa shape index (κ1) is 20.9. The second-order valence-corrected chi connectivity index (χ2v) is 5.86. The average molecular weight is 406 g/mol. The Balaban J connectivity index is 2.15. The predicted octanol–water partition coefficient (Wildman–Crippen LogP) is 3.23. The van der Waals surface area contributed by atoms with Gasteiger partial charge in [-0.2, -0.15) is 0 Å². The van der Waals surface area contributed by atoms with E-state index in [4.69, 9.17) is 0 Å². The molecule has 0 saturated heterocycles. The Kier molecular flexibility index (Phi) is 6.18. The van der Waals surface area contributed by atoms with Crippen LogP contribution in [0.3, 0.4) is 0 Å². The molecule has 29 heavy (non-hydrogen) atoms. The molecule has 0 saturated carbocycles. The second-order valence-electron chi connectivity index (χ2n) is 5.86. The minimum Gasteiger partial charge on any atom is -0.377 e. The number of non-ortho nitro benzene ring substituents is 2. The highest BCUT2D eigenvalue weighted by molar-refractivity contribution is 5.67. The Hall–Kier alpha value is -4.36. The van der Waals surface area contributed by atoms with E-state index >= 15 is 0 Å². The number of nitrogens with zero attached hydrogens (tertiary/aromatic N) is 4. The highest BCUT2D eigenvalue weighted by Crippen LogP contribution is 2.31. The van der Waals surface area contributed by atoms with Crippen LogP contribution < -0.4 is 10.6 Å². The molecule has 0 fully saturated rings. The minimum absolute atomic E-state index is 0.0347. The van der Waals surface area contributed by atoms with Crippen molar-refractivity contribution < 1.29 is 19.7 Å². The number of nitro benzene ring substituents is 4. The van der Waals surface area contributed by atoms with Crippen molar-refractivity contribution in [3.8, 4) is 0 Å². The van der Waals surface area contributed by atoms with E-state index in [1.165, 1.54) is 12.1 Å². The van der Waals surface area contributed by atoms with Crippen LogP contribution in [0.1, 0.15) is 6.92 Å². The largest absolute Gasteiger partial charge is 0.377 e. The maximum Gasteiger partial charge on any atom is 0.299 e. The summed E-state index contributed by atoms with van der Waals surface area (Å²) in [5, 5.41) is 49.4. The van der Waals surface area contributed by atoms with Crippen molar-refractivity contribution in [1.29, 1.82) is 0 Å². The molecule has 14 heteroatoms. The zero-order chi connectivity index (χ0) is 21.7. The van der Waals surface area contributed by atoms with Gasteiger partial charge in [0.05, 0.1) is 31.8 Å². The number of hydrogen-bond acceptors (Lipinski definition) is 10. The molecule has 0 spiro atoms. The highest BCUT2D eigenvalue weighted by atomic mass is 16.6. The van der Waals surface area contributed by atoms with E-state index in [9.17, 15) is 40.5 Å². The first-order valence-electron chi connectivity index (χ1n) is 7.96. The standard InChI is InChI=1S/C15H14N6O8/c1-9(17-13-5-3-11(19(24)25)7-15(13)21(28)29)8-16-12-4-2-10(18(22)23)6-14(12)20(26)27/h2-7,9,16-17H,8H2,1H3. The van der Waals surface area contributed by atoms with Crippen LogP contribution >= 0.6 is 0 Å². The zero-order valence-electron chi connectivity index (χ0n) is 14.8. The van der Waals surface area contributed by atoms with Crippen LogP contribution in [-0.4, -0.2) is 32.3 Å². The molecule has 2 aromatic carbocycles. The lowest BCUT2D eigenvalue weighted by Crippen LogP contribution is -2.25. The van der Waals surface area contributed by atoms with E-state index in [-0.39, 0.29) is 17.9 Å². The minimum atomic E-state index is -0.769. The third-order valence-electron chi connectivity index (χ3n) is 3.78. The van der Waals surface area contributed by atoms with Gasteiger partial charge in [0.25, 0.3) is 22.7 Å². The van der Waals surface area contributed by atoms with Gasteiger partial charge in [-0.25, -0.2) is 0 Å². The monoisotopic (exact) mass is 406 g/mol. The van der Waals surface area contributed by atoms with Gasteiger partial charge in [0.1, 0.15) is 11.4 Å². The topological polar surface area (TPSA) is 197 Å². The smallest absolute Gasteiger partial charge is 0.299 e. The number of benzene rings is 2. The van der Waals surface area contributed by atoms with Gasteiger partial charge in [0.15, 0.2) is 0 Å². The summed E-state index contributed by atoms with van der Waals surface area (Å²) in [6.45, 7) is 1.68. The molecule has 1 atom stereocenters. The third-order valence-corrected chi connectivity index (χ3v) is 3.78. The van der Waals surface area contributed by atoms with Crippen LogP contribution in [0.25, 0.3) is 0 Å². The zero-order valence-corrected chi connectivity index (χ0v) is 14.8. The molecule has 0 aromatic heterocycles. The predicted molar refractivity (Wildman–Crippen MR) is 101 cm³/mol. The molecule has 0 aliphatic heterocycles. The lowest BCUT2D eigenvalue weighted by molar-refractivity contribution is -0.393. The van der Waals surface area contributed by atoms with E-state index in [0.29, 0.717) is 0 Å².